The molecule has 6 heteroatoms. The largest absolute Gasteiger partial charge is 0.480 e. The molecule has 0 aliphatic carbocycles. The van der Waals surface area contributed by atoms with Crippen molar-refractivity contribution in [2.75, 3.05) is 6.54 Å². The van der Waals surface area contributed by atoms with Gasteiger partial charge in [0.1, 0.15) is 12.6 Å². The molecular formula is C51H99NO5. The predicted molar refractivity (Wildman–Crippen MR) is 245 cm³/mol. The molecule has 0 saturated carbocycles. The van der Waals surface area contributed by atoms with Gasteiger partial charge in [-0.2, -0.15) is 0 Å². The Kier molecular flexibility index (Phi) is 45.8. The molecule has 0 rings (SSSR count). The Morgan fingerprint density at radius 3 is 0.947 bits per heavy atom. The van der Waals surface area contributed by atoms with Gasteiger partial charge in [0.25, 0.3) is 0 Å². The van der Waals surface area contributed by atoms with E-state index in [-0.39, 0.29) is 24.5 Å². The highest BCUT2D eigenvalue weighted by atomic mass is 16.5. The van der Waals surface area contributed by atoms with Crippen molar-refractivity contribution in [2.45, 2.75) is 302 Å². The van der Waals surface area contributed by atoms with Crippen LogP contribution < -0.4 is 5.32 Å². The minimum atomic E-state index is -1.01. The number of hydrogen-bond acceptors (Lipinski definition) is 4. The zero-order valence-corrected chi connectivity index (χ0v) is 38.5. The summed E-state index contributed by atoms with van der Waals surface area (Å²) in [5.41, 5.74) is 0. The van der Waals surface area contributed by atoms with E-state index in [4.69, 9.17) is 9.84 Å². The van der Waals surface area contributed by atoms with E-state index in [0.29, 0.717) is 12.8 Å². The second kappa shape index (κ2) is 47.1. The van der Waals surface area contributed by atoms with Crippen molar-refractivity contribution in [3.05, 3.63) is 0 Å². The van der Waals surface area contributed by atoms with Gasteiger partial charge in [-0.15, -0.1) is 0 Å². The third kappa shape index (κ3) is 47.0. The molecule has 0 bridgehead atoms. The van der Waals surface area contributed by atoms with Crippen LogP contribution in [0.1, 0.15) is 296 Å². The highest BCUT2D eigenvalue weighted by molar-refractivity contribution is 5.80. The van der Waals surface area contributed by atoms with Gasteiger partial charge in [0.05, 0.1) is 0 Å². The summed E-state index contributed by atoms with van der Waals surface area (Å²) in [6, 6.07) is 0. The molecule has 6 nitrogen and oxygen atoms in total. The summed E-state index contributed by atoms with van der Waals surface area (Å²) >= 11 is 0. The number of carboxylic acids is 1. The van der Waals surface area contributed by atoms with Crippen LogP contribution in [-0.4, -0.2) is 35.6 Å². The molecule has 0 aliphatic heterocycles. The van der Waals surface area contributed by atoms with Gasteiger partial charge in [-0.25, -0.2) is 0 Å². The molecular weight excluding hydrogens is 707 g/mol. The molecule has 0 aromatic heterocycles. The Morgan fingerprint density at radius 1 is 0.386 bits per heavy atom. The minimum Gasteiger partial charge on any atom is -0.480 e. The van der Waals surface area contributed by atoms with Gasteiger partial charge in [0, 0.05) is 12.8 Å². The highest BCUT2D eigenvalue weighted by Crippen LogP contribution is 2.20. The third-order valence-corrected chi connectivity index (χ3v) is 12.0. The molecule has 338 valence electrons. The van der Waals surface area contributed by atoms with Crippen LogP contribution in [0, 0.1) is 0 Å². The molecule has 2 N–H and O–H groups in total. The number of carboxylic acid groups (broad SMARTS) is 1. The van der Waals surface area contributed by atoms with E-state index in [9.17, 15) is 14.4 Å². The first-order valence-corrected chi connectivity index (χ1v) is 25.7. The van der Waals surface area contributed by atoms with Gasteiger partial charge in [0.2, 0.25) is 5.91 Å². The third-order valence-electron chi connectivity index (χ3n) is 12.0. The number of nitrogens with one attached hydrogen (secondary N) is 1. The number of ether oxygens (including phenoxy) is 1. The number of esters is 1. The van der Waals surface area contributed by atoms with Crippen LogP contribution in [0.15, 0.2) is 0 Å². The number of rotatable bonds is 48. The number of amides is 1. The summed E-state index contributed by atoms with van der Waals surface area (Å²) in [5.74, 6) is -1.20. The van der Waals surface area contributed by atoms with E-state index in [1.807, 2.05) is 0 Å². The Morgan fingerprint density at radius 2 is 0.649 bits per heavy atom. The second-order valence-corrected chi connectivity index (χ2v) is 17.8. The topological polar surface area (TPSA) is 92.7 Å². The Bertz CT molecular complexity index is 847. The SMILES string of the molecule is CCCCCCCCCCCCCCCCCCCCCCCCCC(=O)OC(CCCCCCCCCCCCCC)CCCCCCCC(=O)NCC(=O)O. The molecule has 0 heterocycles. The number of unbranched alkanes of at least 4 members (excludes halogenated alkanes) is 37. The maximum Gasteiger partial charge on any atom is 0.322 e. The molecule has 57 heavy (non-hydrogen) atoms. The molecule has 0 fully saturated rings. The molecule has 1 amide bonds. The van der Waals surface area contributed by atoms with Crippen molar-refractivity contribution in [3.63, 3.8) is 0 Å². The predicted octanol–water partition coefficient (Wildman–Crippen LogP) is 16.3. The van der Waals surface area contributed by atoms with Crippen LogP contribution in [0.5, 0.6) is 0 Å². The normalized spacial score (nSPS) is 11.9. The first kappa shape index (κ1) is 55.4. The average Bonchev–Trinajstić information content (AvgIpc) is 3.20. The monoisotopic (exact) mass is 806 g/mol. The lowest BCUT2D eigenvalue weighted by Crippen LogP contribution is -2.28. The lowest BCUT2D eigenvalue weighted by Gasteiger charge is -2.18. The first-order chi connectivity index (χ1) is 28.0. The molecule has 0 aromatic carbocycles. The number of carbonyl (C=O) groups is 3. The lowest BCUT2D eigenvalue weighted by atomic mass is 10.0. The smallest absolute Gasteiger partial charge is 0.322 e. The van der Waals surface area contributed by atoms with Crippen LogP contribution in [0.25, 0.3) is 0 Å². The van der Waals surface area contributed by atoms with E-state index in [1.54, 1.807) is 0 Å². The molecule has 1 atom stereocenters. The van der Waals surface area contributed by atoms with Gasteiger partial charge in [0.15, 0.2) is 0 Å². The standard InChI is InChI=1S/C51H99NO5/c1-3-5-7-9-11-13-15-17-18-19-20-21-22-23-24-25-26-27-29-31-33-38-42-46-51(56)57-48(43-39-35-32-30-28-16-14-12-10-8-6-4-2)44-40-36-34-37-41-45-49(53)52-47-50(54)55/h48H,3-47H2,1-2H3,(H,52,53)(H,54,55). The van der Waals surface area contributed by atoms with Crippen molar-refractivity contribution in [3.8, 4) is 0 Å². The van der Waals surface area contributed by atoms with E-state index < -0.39 is 5.97 Å². The van der Waals surface area contributed by atoms with Crippen LogP contribution in [0.3, 0.4) is 0 Å². The molecule has 0 aliphatic rings. The maximum atomic E-state index is 12.8. The van der Waals surface area contributed by atoms with E-state index in [0.717, 1.165) is 64.2 Å². The quantitative estimate of drug-likeness (QED) is 0.0472. The second-order valence-electron chi connectivity index (χ2n) is 17.8. The van der Waals surface area contributed by atoms with Crippen molar-refractivity contribution in [2.24, 2.45) is 0 Å². The van der Waals surface area contributed by atoms with Crippen molar-refractivity contribution >= 4 is 17.8 Å². The summed E-state index contributed by atoms with van der Waals surface area (Å²) < 4.78 is 6.07. The first-order valence-electron chi connectivity index (χ1n) is 25.7. The highest BCUT2D eigenvalue weighted by Gasteiger charge is 2.14. The van der Waals surface area contributed by atoms with E-state index in [1.165, 1.54) is 205 Å². The number of hydrogen-bond donors (Lipinski definition) is 2. The summed E-state index contributed by atoms with van der Waals surface area (Å²) in [6.07, 6.45) is 55.4. The van der Waals surface area contributed by atoms with Gasteiger partial charge in [-0.3, -0.25) is 14.4 Å². The van der Waals surface area contributed by atoms with Crippen LogP contribution >= 0.6 is 0 Å². The van der Waals surface area contributed by atoms with Crippen LogP contribution in [0.4, 0.5) is 0 Å². The fourth-order valence-corrected chi connectivity index (χ4v) is 8.23. The van der Waals surface area contributed by atoms with Gasteiger partial charge in [-0.05, 0) is 38.5 Å². The molecule has 1 unspecified atom stereocenters. The molecule has 0 aromatic rings. The molecule has 0 spiro atoms. The van der Waals surface area contributed by atoms with Gasteiger partial charge in [-0.1, -0.05) is 245 Å². The Hall–Kier alpha value is -1.59. The van der Waals surface area contributed by atoms with E-state index in [2.05, 4.69) is 19.2 Å². The summed E-state index contributed by atoms with van der Waals surface area (Å²) in [7, 11) is 0. The average molecular weight is 806 g/mol. The maximum absolute atomic E-state index is 12.8. The fourth-order valence-electron chi connectivity index (χ4n) is 8.23. The van der Waals surface area contributed by atoms with Crippen LogP contribution in [0.2, 0.25) is 0 Å². The van der Waals surface area contributed by atoms with Gasteiger partial charge >= 0.3 is 11.9 Å². The van der Waals surface area contributed by atoms with Crippen LogP contribution in [-0.2, 0) is 19.1 Å². The molecule has 0 saturated heterocycles. The zero-order chi connectivity index (χ0) is 41.5. The Labute approximate surface area is 355 Å². The summed E-state index contributed by atoms with van der Waals surface area (Å²) in [6.45, 7) is 4.27. The van der Waals surface area contributed by atoms with Crippen molar-refractivity contribution in [1.82, 2.24) is 5.32 Å². The van der Waals surface area contributed by atoms with Gasteiger partial charge < -0.3 is 15.2 Å². The summed E-state index contributed by atoms with van der Waals surface area (Å²) in [4.78, 5) is 35.2. The summed E-state index contributed by atoms with van der Waals surface area (Å²) in [5, 5.41) is 11.1. The number of aliphatic carboxylic acids is 1. The lowest BCUT2D eigenvalue weighted by molar-refractivity contribution is -0.150. The zero-order valence-electron chi connectivity index (χ0n) is 38.5. The fraction of sp³-hybridized carbons (Fsp3) is 0.941. The van der Waals surface area contributed by atoms with Crippen molar-refractivity contribution < 1.29 is 24.2 Å². The number of carbonyl (C=O) groups excluding carboxylic acids is 2. The molecule has 0 radical (unpaired) electrons. The minimum absolute atomic E-state index is 0.00481. The van der Waals surface area contributed by atoms with E-state index >= 15 is 0 Å². The van der Waals surface area contributed by atoms with Crippen molar-refractivity contribution in [1.29, 1.82) is 0 Å². The Balaban J connectivity index is 3.95.